The maximum absolute atomic E-state index is 10.8. The Kier molecular flexibility index (Phi) is 22.5. The van der Waals surface area contributed by atoms with Crippen molar-refractivity contribution in [2.75, 3.05) is 27.9 Å². The van der Waals surface area contributed by atoms with E-state index in [-0.39, 0.29) is 12.2 Å². The second-order valence-electron chi connectivity index (χ2n) is 8.52. The quantitative estimate of drug-likeness (QED) is 0.125. The molecule has 0 aliphatic rings. The van der Waals surface area contributed by atoms with Gasteiger partial charge in [-0.3, -0.25) is 4.79 Å². The van der Waals surface area contributed by atoms with Gasteiger partial charge in [-0.1, -0.05) is 6.07 Å². The number of aromatic nitrogens is 9. The summed E-state index contributed by atoms with van der Waals surface area (Å²) in [6.07, 6.45) is 14.7. The van der Waals surface area contributed by atoms with Crippen molar-refractivity contribution in [3.63, 3.8) is 0 Å². The average molecular weight is 750 g/mol. The lowest BCUT2D eigenvalue weighted by Crippen LogP contribution is -2.29. The van der Waals surface area contributed by atoms with Crippen molar-refractivity contribution in [2.45, 2.75) is 6.92 Å². The van der Waals surface area contributed by atoms with Crippen molar-refractivity contribution < 1.29 is 29.7 Å². The van der Waals surface area contributed by atoms with Crippen LogP contribution in [0.15, 0.2) is 120 Å². The Hall–Kier alpha value is -5.53. The number of nitrogens with one attached hydrogen (secondary N) is 1. The van der Waals surface area contributed by atoms with Crippen LogP contribution in [-0.4, -0.2) is 100 Å². The first-order valence-electron chi connectivity index (χ1n) is 14.4. The van der Waals surface area contributed by atoms with Crippen molar-refractivity contribution in [1.82, 2.24) is 44.9 Å². The largest absolute Gasteiger partial charge is 0.490 e. The lowest BCUT2D eigenvalue weighted by atomic mass is 9.82. The summed E-state index contributed by atoms with van der Waals surface area (Å²) in [5, 5.41) is 31.9. The van der Waals surface area contributed by atoms with Crippen molar-refractivity contribution >= 4 is 28.5 Å². The lowest BCUT2D eigenvalue weighted by Gasteiger charge is -2.00. The zero-order chi connectivity index (χ0) is 37.0. The summed E-state index contributed by atoms with van der Waals surface area (Å²) < 4.78 is 10.4. The summed E-state index contributed by atoms with van der Waals surface area (Å²) in [4.78, 5) is 45.1. The van der Waals surface area contributed by atoms with Gasteiger partial charge in [0.1, 0.15) is 0 Å². The molecule has 0 radical (unpaired) electrons. The first-order chi connectivity index (χ1) is 24.3. The Bertz CT molecular complexity index is 1730. The molecule has 0 amide bonds. The van der Waals surface area contributed by atoms with Gasteiger partial charge in [0.05, 0.1) is 14.2 Å². The summed E-state index contributed by atoms with van der Waals surface area (Å²) >= 11 is 3.09. The number of hydrogen-bond acceptors (Lipinski definition) is 15. The fourth-order valence-corrected chi connectivity index (χ4v) is 3.26. The van der Waals surface area contributed by atoms with Gasteiger partial charge in [0.25, 0.3) is 0 Å². The van der Waals surface area contributed by atoms with Crippen LogP contribution in [0.5, 0.6) is 11.8 Å². The number of methoxy groups -OCH3 is 2. The summed E-state index contributed by atoms with van der Waals surface area (Å²) in [5.41, 5.74) is 1.91. The van der Waals surface area contributed by atoms with E-state index in [2.05, 4.69) is 60.8 Å². The highest BCUT2D eigenvalue weighted by Crippen LogP contribution is 2.15. The molecule has 0 saturated heterocycles. The fourth-order valence-electron chi connectivity index (χ4n) is 3.03. The first kappa shape index (κ1) is 42.5. The minimum Gasteiger partial charge on any atom is -0.481 e. The molecule has 16 nitrogen and oxygen atoms in total. The van der Waals surface area contributed by atoms with Gasteiger partial charge in [0.2, 0.25) is 17.3 Å². The van der Waals surface area contributed by atoms with Crippen LogP contribution in [0.4, 0.5) is 0 Å². The highest BCUT2D eigenvalue weighted by molar-refractivity contribution is 9.10. The van der Waals surface area contributed by atoms with Crippen molar-refractivity contribution in [3.8, 4) is 34.5 Å². The zero-order valence-corrected chi connectivity index (χ0v) is 29.2. The van der Waals surface area contributed by atoms with Crippen LogP contribution in [0.3, 0.4) is 0 Å². The van der Waals surface area contributed by atoms with E-state index in [0.29, 0.717) is 33.6 Å². The number of ether oxygens (including phenoxy) is 2. The molecule has 262 valence electrons. The minimum atomic E-state index is -1.46. The molecule has 6 aromatic heterocycles. The first-order valence-corrected chi connectivity index (χ1v) is 15.2. The van der Waals surface area contributed by atoms with Crippen LogP contribution in [0.25, 0.3) is 22.8 Å². The molecule has 0 bridgehead atoms. The second-order valence-corrected chi connectivity index (χ2v) is 9.23. The molecule has 0 spiro atoms. The van der Waals surface area contributed by atoms with E-state index in [1.165, 1.54) is 25.4 Å². The van der Waals surface area contributed by atoms with E-state index in [9.17, 15) is 4.79 Å². The molecule has 50 heavy (non-hydrogen) atoms. The molecule has 6 heterocycles. The number of aromatic amines is 1. The second kappa shape index (κ2) is 26.4. The van der Waals surface area contributed by atoms with Gasteiger partial charge in [-0.2, -0.15) is 0 Å². The van der Waals surface area contributed by atoms with E-state index in [4.69, 9.17) is 29.7 Å². The Morgan fingerprint density at radius 1 is 0.680 bits per heavy atom. The monoisotopic (exact) mass is 749 g/mol. The molecule has 0 atom stereocenters. The molecule has 0 fully saturated rings. The number of nitrogens with zero attached hydrogens (tertiary/aromatic N) is 8. The molecule has 0 aliphatic carbocycles. The molecular weight excluding hydrogens is 713 g/mol. The summed E-state index contributed by atoms with van der Waals surface area (Å²) in [6.45, 7) is 1.93. The van der Waals surface area contributed by atoms with Crippen LogP contribution in [-0.2, 0) is 0 Å². The standard InChI is InChI=1S/C10H9N3O.C9H7N3O.C6H8BNO3.C4H3BrN2.C2H6O.CH4O/c1-14-9-4-3-8(7-13-9)10-11-5-2-6-12-10;13-8-3-2-7(6-12-8)9-10-4-1-5-11-9;1-11-6-3-2-5(4-8-6)7(9)10;5-4-6-2-1-3-7-4;1-2-3;1-2/h2-7H,1H3;1-6H,(H,12,13);2-4,9-10H,1H3;1-3H;3H,2H2,1H3;2H,1H3. The molecule has 0 aliphatic heterocycles. The molecular formula is C32H37BBrN9O7. The molecule has 0 saturated carbocycles. The minimum absolute atomic E-state index is 0.125. The van der Waals surface area contributed by atoms with Crippen molar-refractivity contribution in [3.05, 3.63) is 125 Å². The van der Waals surface area contributed by atoms with E-state index in [1.54, 1.807) is 100 Å². The van der Waals surface area contributed by atoms with Crippen LogP contribution < -0.4 is 20.5 Å². The molecule has 0 unspecified atom stereocenters. The van der Waals surface area contributed by atoms with Gasteiger partial charge in [0.15, 0.2) is 16.4 Å². The molecule has 0 aromatic carbocycles. The maximum Gasteiger partial charge on any atom is 0.490 e. The number of rotatable bonds is 5. The van der Waals surface area contributed by atoms with Gasteiger partial charge < -0.3 is 34.7 Å². The smallest absolute Gasteiger partial charge is 0.481 e. The third-order valence-electron chi connectivity index (χ3n) is 5.18. The van der Waals surface area contributed by atoms with Crippen LogP contribution >= 0.6 is 15.9 Å². The summed E-state index contributed by atoms with van der Waals surface area (Å²) in [7, 11) is 2.62. The van der Waals surface area contributed by atoms with Gasteiger partial charge in [-0.05, 0) is 59.3 Å². The van der Waals surface area contributed by atoms with E-state index in [1.807, 2.05) is 6.07 Å². The number of hydrogen-bond donors (Lipinski definition) is 5. The topological polar surface area (TPSA) is 235 Å². The third-order valence-corrected chi connectivity index (χ3v) is 5.59. The molecule has 5 N–H and O–H groups in total. The summed E-state index contributed by atoms with van der Waals surface area (Å²) in [6, 6.07) is 15.2. The van der Waals surface area contributed by atoms with Crippen LogP contribution in [0, 0.1) is 0 Å². The normalized spacial score (nSPS) is 9.06. The number of H-pyrrole nitrogens is 1. The molecule has 18 heteroatoms. The van der Waals surface area contributed by atoms with Crippen LogP contribution in [0.1, 0.15) is 6.92 Å². The molecule has 6 rings (SSSR count). The van der Waals surface area contributed by atoms with Crippen molar-refractivity contribution in [2.24, 2.45) is 0 Å². The lowest BCUT2D eigenvalue weighted by molar-refractivity contribution is 0.318. The van der Waals surface area contributed by atoms with Crippen LogP contribution in [0.2, 0.25) is 0 Å². The SMILES string of the molecule is Brc1ncccn1.CCO.CO.COc1ccc(-c2ncccn2)cn1.COc1ccc(B(O)O)cn1.O=c1ccc(-c2ncccn2)c[nH]1. The van der Waals surface area contributed by atoms with Gasteiger partial charge in [-0.25, -0.2) is 39.9 Å². The van der Waals surface area contributed by atoms with E-state index >= 15 is 0 Å². The molecule has 6 aromatic rings. The predicted octanol–water partition coefficient (Wildman–Crippen LogP) is 2.00. The zero-order valence-electron chi connectivity index (χ0n) is 27.6. The highest BCUT2D eigenvalue weighted by atomic mass is 79.9. The maximum atomic E-state index is 10.8. The predicted molar refractivity (Wildman–Crippen MR) is 191 cm³/mol. The van der Waals surface area contributed by atoms with Crippen molar-refractivity contribution in [1.29, 1.82) is 0 Å². The Balaban J connectivity index is 0.000000326. The number of halogens is 1. The van der Waals surface area contributed by atoms with Gasteiger partial charge in [0, 0.05) is 98.2 Å². The fraction of sp³-hybridized carbons (Fsp3) is 0.156. The average Bonchev–Trinajstić information content (AvgIpc) is 3.18. The Morgan fingerprint density at radius 3 is 1.46 bits per heavy atom. The van der Waals surface area contributed by atoms with Gasteiger partial charge in [-0.15, -0.1) is 0 Å². The number of aliphatic hydroxyl groups is 2. The number of aliphatic hydroxyl groups excluding tert-OH is 2. The summed E-state index contributed by atoms with van der Waals surface area (Å²) in [5.74, 6) is 2.32. The number of pyridine rings is 3. The third kappa shape index (κ3) is 17.6. The van der Waals surface area contributed by atoms with E-state index in [0.717, 1.165) is 18.2 Å². The highest BCUT2D eigenvalue weighted by Gasteiger charge is 2.10. The Labute approximate surface area is 297 Å². The van der Waals surface area contributed by atoms with E-state index < -0.39 is 7.12 Å². The Morgan fingerprint density at radius 2 is 1.12 bits per heavy atom. The van der Waals surface area contributed by atoms with Gasteiger partial charge >= 0.3 is 7.12 Å².